The molecule has 122 valence electrons. The lowest BCUT2D eigenvalue weighted by Gasteiger charge is -2.25. The van der Waals surface area contributed by atoms with Gasteiger partial charge in [0.25, 0.3) is 0 Å². The average Bonchev–Trinajstić information content (AvgIpc) is 2.92. The highest BCUT2D eigenvalue weighted by Gasteiger charge is 2.42. The number of aromatic hydroxyl groups is 3. The number of ether oxygens (including phenoxy) is 1. The zero-order valence-corrected chi connectivity index (χ0v) is 12.2. The molecule has 0 bridgehead atoms. The van der Waals surface area contributed by atoms with Gasteiger partial charge in [0.1, 0.15) is 11.9 Å². The SMILES string of the molecule is Oc1ccc([C@@H]2[C@@H]([C@@H](O)c3ccc(O)c(O)c3)OC[C@H]2O)cc1. The first-order chi connectivity index (χ1) is 11.0. The monoisotopic (exact) mass is 318 g/mol. The van der Waals surface area contributed by atoms with Gasteiger partial charge in [0.2, 0.25) is 0 Å². The van der Waals surface area contributed by atoms with Crippen LogP contribution in [-0.4, -0.2) is 44.3 Å². The van der Waals surface area contributed by atoms with E-state index >= 15 is 0 Å². The molecule has 2 aromatic rings. The van der Waals surface area contributed by atoms with Gasteiger partial charge in [-0.3, -0.25) is 0 Å². The second kappa shape index (κ2) is 6.08. The first kappa shape index (κ1) is 15.6. The molecule has 1 saturated heterocycles. The third-order valence-electron chi connectivity index (χ3n) is 4.16. The third-order valence-corrected chi connectivity index (χ3v) is 4.16. The van der Waals surface area contributed by atoms with Gasteiger partial charge in [-0.25, -0.2) is 0 Å². The number of rotatable bonds is 3. The van der Waals surface area contributed by atoms with Crippen molar-refractivity contribution in [1.29, 1.82) is 0 Å². The molecule has 0 spiro atoms. The van der Waals surface area contributed by atoms with E-state index in [1.807, 2.05) is 0 Å². The normalized spacial score (nSPS) is 25.4. The fraction of sp³-hybridized carbons (Fsp3) is 0.294. The molecule has 0 aromatic heterocycles. The Balaban J connectivity index is 1.90. The quantitative estimate of drug-likeness (QED) is 0.547. The molecule has 1 aliphatic rings. The maximum atomic E-state index is 10.6. The highest BCUT2D eigenvalue weighted by Crippen LogP contribution is 2.40. The zero-order chi connectivity index (χ0) is 16.6. The Hall–Kier alpha value is -2.28. The van der Waals surface area contributed by atoms with Crippen molar-refractivity contribution in [3.8, 4) is 17.2 Å². The van der Waals surface area contributed by atoms with E-state index in [1.165, 1.54) is 30.3 Å². The molecule has 0 unspecified atom stereocenters. The number of aliphatic hydroxyl groups is 2. The summed E-state index contributed by atoms with van der Waals surface area (Å²) in [7, 11) is 0. The molecule has 0 amide bonds. The Kier molecular flexibility index (Phi) is 4.12. The van der Waals surface area contributed by atoms with Gasteiger partial charge in [-0.2, -0.15) is 0 Å². The van der Waals surface area contributed by atoms with Crippen LogP contribution < -0.4 is 0 Å². The first-order valence-electron chi connectivity index (χ1n) is 7.26. The molecule has 6 nitrogen and oxygen atoms in total. The molecular formula is C17H18O6. The summed E-state index contributed by atoms with van der Waals surface area (Å²) < 4.78 is 5.54. The lowest BCUT2D eigenvalue weighted by molar-refractivity contribution is -0.0100. The van der Waals surface area contributed by atoms with Crippen LogP contribution in [0.25, 0.3) is 0 Å². The second-order valence-electron chi connectivity index (χ2n) is 5.68. The fourth-order valence-corrected chi connectivity index (χ4v) is 2.95. The summed E-state index contributed by atoms with van der Waals surface area (Å²) in [6.45, 7) is 0.0807. The molecule has 3 rings (SSSR count). The van der Waals surface area contributed by atoms with E-state index in [0.717, 1.165) is 5.56 Å². The van der Waals surface area contributed by atoms with E-state index in [2.05, 4.69) is 0 Å². The van der Waals surface area contributed by atoms with Crippen LogP contribution in [0.4, 0.5) is 0 Å². The molecular weight excluding hydrogens is 300 g/mol. The minimum Gasteiger partial charge on any atom is -0.508 e. The molecule has 1 aliphatic heterocycles. The van der Waals surface area contributed by atoms with Crippen LogP contribution >= 0.6 is 0 Å². The summed E-state index contributed by atoms with van der Waals surface area (Å²) in [4.78, 5) is 0. The molecule has 0 radical (unpaired) electrons. The predicted octanol–water partition coefficient (Wildman–Crippen LogP) is 1.38. The standard InChI is InChI=1S/C17H18O6/c18-11-4-1-9(2-5-11)15-14(21)8-23-17(15)16(22)10-3-6-12(19)13(20)7-10/h1-7,14-22H,8H2/t14-,15+,16+,17+/m1/s1. The van der Waals surface area contributed by atoms with Crippen molar-refractivity contribution in [1.82, 2.24) is 0 Å². The van der Waals surface area contributed by atoms with Gasteiger partial charge in [-0.1, -0.05) is 18.2 Å². The van der Waals surface area contributed by atoms with E-state index in [0.29, 0.717) is 5.56 Å². The van der Waals surface area contributed by atoms with Crippen LogP contribution in [-0.2, 0) is 4.74 Å². The van der Waals surface area contributed by atoms with Gasteiger partial charge >= 0.3 is 0 Å². The number of benzene rings is 2. The molecule has 1 fully saturated rings. The maximum absolute atomic E-state index is 10.6. The number of phenolic OH excluding ortho intramolecular Hbond substituents is 3. The van der Waals surface area contributed by atoms with E-state index < -0.39 is 24.2 Å². The largest absolute Gasteiger partial charge is 0.508 e. The number of phenols is 3. The van der Waals surface area contributed by atoms with E-state index in [1.54, 1.807) is 12.1 Å². The molecule has 0 saturated carbocycles. The van der Waals surface area contributed by atoms with Crippen LogP contribution in [0.3, 0.4) is 0 Å². The van der Waals surface area contributed by atoms with Crippen molar-refractivity contribution >= 4 is 0 Å². The Labute approximate surface area is 132 Å². The summed E-state index contributed by atoms with van der Waals surface area (Å²) in [6, 6.07) is 10.4. The van der Waals surface area contributed by atoms with Crippen molar-refractivity contribution in [2.75, 3.05) is 6.61 Å². The summed E-state index contributed by atoms with van der Waals surface area (Å²) in [6.07, 6.45) is -2.58. The van der Waals surface area contributed by atoms with Gasteiger partial charge in [-0.15, -0.1) is 0 Å². The van der Waals surface area contributed by atoms with Gasteiger partial charge < -0.3 is 30.3 Å². The Morgan fingerprint density at radius 1 is 0.957 bits per heavy atom. The molecule has 2 aromatic carbocycles. The Morgan fingerprint density at radius 3 is 2.30 bits per heavy atom. The van der Waals surface area contributed by atoms with Gasteiger partial charge in [0.05, 0.1) is 18.8 Å². The lowest BCUT2D eigenvalue weighted by Crippen LogP contribution is -2.27. The molecule has 4 atom stereocenters. The number of hydrogen-bond donors (Lipinski definition) is 5. The highest BCUT2D eigenvalue weighted by molar-refractivity contribution is 5.42. The molecule has 23 heavy (non-hydrogen) atoms. The van der Waals surface area contributed by atoms with Gasteiger partial charge in [0.15, 0.2) is 11.5 Å². The minimum atomic E-state index is -1.09. The van der Waals surface area contributed by atoms with Crippen molar-refractivity contribution in [2.45, 2.75) is 24.2 Å². The highest BCUT2D eigenvalue weighted by atomic mass is 16.5. The Morgan fingerprint density at radius 2 is 1.65 bits per heavy atom. The van der Waals surface area contributed by atoms with Crippen molar-refractivity contribution in [3.63, 3.8) is 0 Å². The molecule has 0 aliphatic carbocycles. The smallest absolute Gasteiger partial charge is 0.157 e. The van der Waals surface area contributed by atoms with Crippen molar-refractivity contribution < 1.29 is 30.3 Å². The minimum absolute atomic E-state index is 0.0807. The van der Waals surface area contributed by atoms with Gasteiger partial charge in [0, 0.05) is 5.92 Å². The second-order valence-corrected chi connectivity index (χ2v) is 5.68. The third kappa shape index (κ3) is 2.96. The first-order valence-corrected chi connectivity index (χ1v) is 7.26. The van der Waals surface area contributed by atoms with Crippen LogP contribution in [0, 0.1) is 0 Å². The van der Waals surface area contributed by atoms with Crippen molar-refractivity contribution in [2.24, 2.45) is 0 Å². The molecule has 5 N–H and O–H groups in total. The molecule has 6 heteroatoms. The zero-order valence-electron chi connectivity index (χ0n) is 12.2. The summed E-state index contributed by atoms with van der Waals surface area (Å²) in [5.41, 5.74) is 1.11. The Bertz CT molecular complexity index is 684. The van der Waals surface area contributed by atoms with Crippen LogP contribution in [0.1, 0.15) is 23.1 Å². The lowest BCUT2D eigenvalue weighted by atomic mass is 9.86. The van der Waals surface area contributed by atoms with Crippen LogP contribution in [0.15, 0.2) is 42.5 Å². The predicted molar refractivity (Wildman–Crippen MR) is 81.3 cm³/mol. The topological polar surface area (TPSA) is 110 Å². The van der Waals surface area contributed by atoms with Gasteiger partial charge in [-0.05, 0) is 35.4 Å². The summed E-state index contributed by atoms with van der Waals surface area (Å²) in [5.74, 6) is -0.964. The maximum Gasteiger partial charge on any atom is 0.157 e. The van der Waals surface area contributed by atoms with E-state index in [9.17, 15) is 25.5 Å². The molecule has 1 heterocycles. The summed E-state index contributed by atoms with van der Waals surface area (Å²) >= 11 is 0. The fourth-order valence-electron chi connectivity index (χ4n) is 2.95. The van der Waals surface area contributed by atoms with Crippen LogP contribution in [0.2, 0.25) is 0 Å². The van der Waals surface area contributed by atoms with Crippen LogP contribution in [0.5, 0.6) is 17.2 Å². The number of hydrogen-bond acceptors (Lipinski definition) is 6. The average molecular weight is 318 g/mol. The van der Waals surface area contributed by atoms with E-state index in [-0.39, 0.29) is 23.9 Å². The number of aliphatic hydroxyl groups excluding tert-OH is 2. The van der Waals surface area contributed by atoms with Crippen molar-refractivity contribution in [3.05, 3.63) is 53.6 Å². The summed E-state index contributed by atoms with van der Waals surface area (Å²) in [5, 5.41) is 49.1. The van der Waals surface area contributed by atoms with E-state index in [4.69, 9.17) is 4.74 Å².